The Labute approximate surface area is 143 Å². The van der Waals surface area contributed by atoms with Crippen molar-refractivity contribution in [2.45, 2.75) is 13.3 Å². The fourth-order valence-electron chi connectivity index (χ4n) is 1.94. The van der Waals surface area contributed by atoms with Crippen LogP contribution in [0.3, 0.4) is 0 Å². The maximum Gasteiger partial charge on any atom is 0.371 e. The van der Waals surface area contributed by atoms with Crippen LogP contribution in [0.4, 0.5) is 5.69 Å². The van der Waals surface area contributed by atoms with Gasteiger partial charge in [0.05, 0.1) is 12.8 Å². The number of rotatable bonds is 5. The normalized spacial score (nSPS) is 10.1. The number of nitrogens with one attached hydrogen (secondary N) is 2. The van der Waals surface area contributed by atoms with E-state index in [9.17, 15) is 9.59 Å². The summed E-state index contributed by atoms with van der Waals surface area (Å²) in [4.78, 5) is 22.3. The monoisotopic (exact) mass is 348 g/mol. The van der Waals surface area contributed by atoms with E-state index in [4.69, 9.17) is 26.5 Å². The Hall–Kier alpha value is -2.87. The van der Waals surface area contributed by atoms with Gasteiger partial charge in [-0.15, -0.1) is 0 Å². The maximum atomic E-state index is 11.4. The van der Waals surface area contributed by atoms with Gasteiger partial charge in [-0.3, -0.25) is 4.79 Å². The third-order valence-corrected chi connectivity index (χ3v) is 3.33. The highest BCUT2D eigenvalue weighted by Crippen LogP contribution is 2.31. The number of furan rings is 1. The van der Waals surface area contributed by atoms with Gasteiger partial charge in [0.15, 0.2) is 5.11 Å². The number of carbonyl (C=O) groups excluding carboxylic acids is 1. The van der Waals surface area contributed by atoms with Crippen LogP contribution >= 0.6 is 12.2 Å². The van der Waals surface area contributed by atoms with E-state index in [1.54, 1.807) is 31.2 Å². The molecule has 126 valence electrons. The fourth-order valence-corrected chi connectivity index (χ4v) is 2.16. The van der Waals surface area contributed by atoms with Gasteiger partial charge in [0.2, 0.25) is 11.7 Å². The largest absolute Gasteiger partial charge is 0.495 e. The standard InChI is InChI=1S/C16H16N2O5S/c1-3-14(19)18-16(24)17-10-8-9(4-5-12(10)22-2)11-6-7-13(23-11)15(20)21/h4-8H,3H2,1-2H3,(H,20,21)(H2,17,18,19,24). The molecule has 24 heavy (non-hydrogen) atoms. The molecule has 0 fully saturated rings. The van der Waals surface area contributed by atoms with Crippen molar-refractivity contribution in [1.29, 1.82) is 0 Å². The zero-order chi connectivity index (χ0) is 17.7. The number of carboxylic acid groups (broad SMARTS) is 1. The zero-order valence-corrected chi connectivity index (χ0v) is 13.9. The summed E-state index contributed by atoms with van der Waals surface area (Å²) >= 11 is 5.08. The number of methoxy groups -OCH3 is 1. The molecular formula is C16H16N2O5S. The lowest BCUT2D eigenvalue weighted by Crippen LogP contribution is -2.33. The minimum Gasteiger partial charge on any atom is -0.495 e. The third kappa shape index (κ3) is 4.11. The van der Waals surface area contributed by atoms with E-state index < -0.39 is 5.97 Å². The van der Waals surface area contributed by atoms with Crippen LogP contribution in [0, 0.1) is 0 Å². The van der Waals surface area contributed by atoms with E-state index in [1.165, 1.54) is 13.2 Å². The summed E-state index contributed by atoms with van der Waals surface area (Å²) in [5.74, 6) is -0.601. The Morgan fingerprint density at radius 3 is 2.62 bits per heavy atom. The Kier molecular flexibility index (Phi) is 5.54. The van der Waals surface area contributed by atoms with Crippen LogP contribution in [0.25, 0.3) is 11.3 Å². The lowest BCUT2D eigenvalue weighted by molar-refractivity contribution is -0.119. The van der Waals surface area contributed by atoms with Crippen LogP contribution in [0.2, 0.25) is 0 Å². The van der Waals surface area contributed by atoms with E-state index in [0.29, 0.717) is 29.2 Å². The van der Waals surface area contributed by atoms with E-state index >= 15 is 0 Å². The first-order chi connectivity index (χ1) is 11.4. The van der Waals surface area contributed by atoms with E-state index in [2.05, 4.69) is 10.6 Å². The number of aromatic carboxylic acids is 1. The maximum absolute atomic E-state index is 11.4. The van der Waals surface area contributed by atoms with Crippen molar-refractivity contribution >= 4 is 34.9 Å². The highest BCUT2D eigenvalue weighted by Gasteiger charge is 2.13. The number of hydrogen-bond donors (Lipinski definition) is 3. The van der Waals surface area contributed by atoms with E-state index in [-0.39, 0.29) is 16.8 Å². The number of ether oxygens (including phenoxy) is 1. The van der Waals surface area contributed by atoms with Gasteiger partial charge in [0, 0.05) is 12.0 Å². The Morgan fingerprint density at radius 2 is 2.04 bits per heavy atom. The number of amides is 1. The lowest BCUT2D eigenvalue weighted by Gasteiger charge is -2.13. The second-order valence-corrected chi connectivity index (χ2v) is 5.15. The first kappa shape index (κ1) is 17.5. The van der Waals surface area contributed by atoms with Gasteiger partial charge < -0.3 is 24.9 Å². The summed E-state index contributed by atoms with van der Waals surface area (Å²) in [6.07, 6.45) is 0.309. The molecule has 8 heteroatoms. The Bertz CT molecular complexity index is 785. The third-order valence-electron chi connectivity index (χ3n) is 3.12. The summed E-state index contributed by atoms with van der Waals surface area (Å²) in [7, 11) is 1.50. The van der Waals surface area contributed by atoms with Crippen molar-refractivity contribution in [3.8, 4) is 17.1 Å². The molecule has 0 aliphatic heterocycles. The molecule has 0 radical (unpaired) electrons. The molecule has 0 spiro atoms. The summed E-state index contributed by atoms with van der Waals surface area (Å²) in [5.41, 5.74) is 1.15. The van der Waals surface area contributed by atoms with Crippen molar-refractivity contribution in [3.63, 3.8) is 0 Å². The molecule has 3 N–H and O–H groups in total. The average molecular weight is 348 g/mol. The van der Waals surface area contributed by atoms with Crippen LogP contribution < -0.4 is 15.4 Å². The first-order valence-electron chi connectivity index (χ1n) is 7.07. The van der Waals surface area contributed by atoms with Gasteiger partial charge in [0.1, 0.15) is 11.5 Å². The molecule has 1 amide bonds. The van der Waals surface area contributed by atoms with Gasteiger partial charge >= 0.3 is 5.97 Å². The number of anilines is 1. The van der Waals surface area contributed by atoms with Crippen molar-refractivity contribution in [1.82, 2.24) is 5.32 Å². The second kappa shape index (κ2) is 7.60. The molecule has 2 rings (SSSR count). The SMILES string of the molecule is CCC(=O)NC(=S)Nc1cc(-c2ccc(C(=O)O)o2)ccc1OC. The number of carboxylic acids is 1. The van der Waals surface area contributed by atoms with Crippen LogP contribution in [-0.2, 0) is 4.79 Å². The average Bonchev–Trinajstić information content (AvgIpc) is 3.04. The molecule has 0 bridgehead atoms. The van der Waals surface area contributed by atoms with Crippen LogP contribution in [0.1, 0.15) is 23.9 Å². The van der Waals surface area contributed by atoms with Crippen molar-refractivity contribution in [2.24, 2.45) is 0 Å². The van der Waals surface area contributed by atoms with Gasteiger partial charge in [0.25, 0.3) is 0 Å². The minimum absolute atomic E-state index is 0.142. The molecule has 1 aromatic heterocycles. The molecule has 0 atom stereocenters. The highest BCUT2D eigenvalue weighted by atomic mass is 32.1. The predicted octanol–water partition coefficient (Wildman–Crippen LogP) is 2.88. The highest BCUT2D eigenvalue weighted by molar-refractivity contribution is 7.80. The van der Waals surface area contributed by atoms with Gasteiger partial charge in [-0.2, -0.15) is 0 Å². The summed E-state index contributed by atoms with van der Waals surface area (Å²) in [6.45, 7) is 1.72. The molecule has 0 aliphatic carbocycles. The minimum atomic E-state index is -1.14. The number of thiocarbonyl (C=S) groups is 1. The van der Waals surface area contributed by atoms with Crippen molar-refractivity contribution in [2.75, 3.05) is 12.4 Å². The van der Waals surface area contributed by atoms with Gasteiger partial charge in [-0.05, 0) is 42.5 Å². The van der Waals surface area contributed by atoms with Crippen LogP contribution in [0.5, 0.6) is 5.75 Å². The smallest absolute Gasteiger partial charge is 0.371 e. The molecule has 0 saturated heterocycles. The van der Waals surface area contributed by atoms with Crippen LogP contribution in [-0.4, -0.2) is 29.2 Å². The van der Waals surface area contributed by atoms with E-state index in [0.717, 1.165) is 0 Å². The molecule has 1 aromatic carbocycles. The quantitative estimate of drug-likeness (QED) is 0.714. The summed E-state index contributed by atoms with van der Waals surface area (Å²) < 4.78 is 10.5. The molecule has 0 aliphatic rings. The molecule has 1 heterocycles. The molecule has 0 unspecified atom stereocenters. The summed E-state index contributed by atoms with van der Waals surface area (Å²) in [5, 5.41) is 14.5. The van der Waals surface area contributed by atoms with Gasteiger partial charge in [-0.25, -0.2) is 4.79 Å². The predicted molar refractivity (Wildman–Crippen MR) is 92.3 cm³/mol. The molecule has 0 saturated carbocycles. The Morgan fingerprint density at radius 1 is 1.29 bits per heavy atom. The van der Waals surface area contributed by atoms with Crippen molar-refractivity contribution < 1.29 is 23.8 Å². The molecular weight excluding hydrogens is 332 g/mol. The Balaban J connectivity index is 2.28. The summed E-state index contributed by atoms with van der Waals surface area (Å²) in [6, 6.07) is 8.04. The van der Waals surface area contributed by atoms with E-state index in [1.807, 2.05) is 0 Å². The second-order valence-electron chi connectivity index (χ2n) is 4.74. The van der Waals surface area contributed by atoms with Gasteiger partial charge in [-0.1, -0.05) is 6.92 Å². The first-order valence-corrected chi connectivity index (χ1v) is 7.47. The fraction of sp³-hybridized carbons (Fsp3) is 0.188. The molecule has 2 aromatic rings. The zero-order valence-electron chi connectivity index (χ0n) is 13.1. The lowest BCUT2D eigenvalue weighted by atomic mass is 10.1. The van der Waals surface area contributed by atoms with Crippen molar-refractivity contribution in [3.05, 3.63) is 36.1 Å². The number of benzene rings is 1. The van der Waals surface area contributed by atoms with Crippen LogP contribution in [0.15, 0.2) is 34.7 Å². The molecule has 7 nitrogen and oxygen atoms in total. The topological polar surface area (TPSA) is 101 Å². The number of carbonyl (C=O) groups is 2. The number of hydrogen-bond acceptors (Lipinski definition) is 5.